The lowest BCUT2D eigenvalue weighted by molar-refractivity contribution is -0.137. The van der Waals surface area contributed by atoms with Gasteiger partial charge >= 0.3 is 5.97 Å². The molecule has 1 heterocycles. The second kappa shape index (κ2) is 2.33. The van der Waals surface area contributed by atoms with E-state index in [1.165, 1.54) is 0 Å². The summed E-state index contributed by atoms with van der Waals surface area (Å²) in [5.74, 6) is 0.0776. The van der Waals surface area contributed by atoms with Gasteiger partial charge in [-0.05, 0) is 12.8 Å². The summed E-state index contributed by atoms with van der Waals surface area (Å²) in [5.41, 5.74) is -0.171. The van der Waals surface area contributed by atoms with Crippen molar-refractivity contribution in [2.75, 3.05) is 0 Å². The fourth-order valence-electron chi connectivity index (χ4n) is 1.49. The number of nitrogens with zero attached hydrogens (tertiary/aromatic N) is 1. The van der Waals surface area contributed by atoms with Crippen LogP contribution < -0.4 is 0 Å². The normalized spacial score (nSPS) is 19.0. The van der Waals surface area contributed by atoms with Gasteiger partial charge in [-0.1, -0.05) is 0 Å². The van der Waals surface area contributed by atoms with Crippen LogP contribution in [-0.4, -0.2) is 21.0 Å². The fraction of sp³-hybridized carbons (Fsp3) is 0.500. The van der Waals surface area contributed by atoms with Gasteiger partial charge in [0.25, 0.3) is 0 Å². The quantitative estimate of drug-likeness (QED) is 0.701. The first-order valence-corrected chi connectivity index (χ1v) is 3.95. The average molecular weight is 166 g/mol. The summed E-state index contributed by atoms with van der Waals surface area (Å²) in [7, 11) is 0. The molecule has 1 saturated carbocycles. The van der Waals surface area contributed by atoms with Crippen LogP contribution in [0.15, 0.2) is 12.4 Å². The molecule has 1 aromatic heterocycles. The molecule has 0 aromatic carbocycles. The lowest BCUT2D eigenvalue weighted by Gasteiger charge is -2.07. The standard InChI is InChI=1S/C8H10N2O2/c11-6(12)5-8(1-2-8)7-9-3-4-10-7/h3-4H,1-2,5H2,(H,9,10)(H,11,12). The third-order valence-corrected chi connectivity index (χ3v) is 2.34. The minimum atomic E-state index is -0.746. The van der Waals surface area contributed by atoms with Crippen molar-refractivity contribution in [3.8, 4) is 0 Å². The zero-order chi connectivity index (χ0) is 8.60. The molecule has 0 atom stereocenters. The first-order chi connectivity index (χ1) is 5.73. The van der Waals surface area contributed by atoms with Crippen LogP contribution in [0, 0.1) is 0 Å². The number of rotatable bonds is 3. The molecule has 2 N–H and O–H groups in total. The van der Waals surface area contributed by atoms with Crippen LogP contribution in [-0.2, 0) is 10.2 Å². The Bertz CT molecular complexity index is 288. The maximum atomic E-state index is 10.5. The molecule has 12 heavy (non-hydrogen) atoms. The molecule has 1 aromatic rings. The van der Waals surface area contributed by atoms with E-state index in [-0.39, 0.29) is 11.8 Å². The van der Waals surface area contributed by atoms with Crippen molar-refractivity contribution >= 4 is 5.97 Å². The molecule has 1 aliphatic rings. The second-order valence-corrected chi connectivity index (χ2v) is 3.29. The van der Waals surface area contributed by atoms with Crippen LogP contribution in [0.2, 0.25) is 0 Å². The maximum Gasteiger partial charge on any atom is 0.304 e. The fourth-order valence-corrected chi connectivity index (χ4v) is 1.49. The van der Waals surface area contributed by atoms with Crippen LogP contribution in [0.25, 0.3) is 0 Å². The topological polar surface area (TPSA) is 66.0 Å². The largest absolute Gasteiger partial charge is 0.481 e. The van der Waals surface area contributed by atoms with Gasteiger partial charge in [-0.15, -0.1) is 0 Å². The molecule has 0 unspecified atom stereocenters. The zero-order valence-electron chi connectivity index (χ0n) is 6.58. The Kier molecular flexibility index (Phi) is 1.43. The van der Waals surface area contributed by atoms with Gasteiger partial charge in [-0.2, -0.15) is 0 Å². The lowest BCUT2D eigenvalue weighted by Crippen LogP contribution is -2.14. The molecular weight excluding hydrogens is 156 g/mol. The summed E-state index contributed by atoms with van der Waals surface area (Å²) in [6.07, 6.45) is 5.47. The molecule has 1 fully saturated rings. The predicted molar refractivity (Wildman–Crippen MR) is 41.8 cm³/mol. The SMILES string of the molecule is O=C(O)CC1(c2ncc[nH]2)CC1. The van der Waals surface area contributed by atoms with E-state index >= 15 is 0 Å². The minimum absolute atomic E-state index is 0.171. The number of aromatic nitrogens is 2. The summed E-state index contributed by atoms with van der Waals surface area (Å²) in [4.78, 5) is 17.6. The zero-order valence-corrected chi connectivity index (χ0v) is 6.58. The Morgan fingerprint density at radius 1 is 1.75 bits per heavy atom. The van der Waals surface area contributed by atoms with E-state index in [9.17, 15) is 4.79 Å². The number of imidazole rings is 1. The number of H-pyrrole nitrogens is 1. The minimum Gasteiger partial charge on any atom is -0.481 e. The van der Waals surface area contributed by atoms with Crippen molar-refractivity contribution in [3.63, 3.8) is 0 Å². The van der Waals surface area contributed by atoms with Gasteiger partial charge in [0.05, 0.1) is 6.42 Å². The van der Waals surface area contributed by atoms with E-state index in [0.29, 0.717) is 0 Å². The van der Waals surface area contributed by atoms with E-state index in [4.69, 9.17) is 5.11 Å². The van der Waals surface area contributed by atoms with Gasteiger partial charge in [-0.3, -0.25) is 4.79 Å². The van der Waals surface area contributed by atoms with Crippen molar-refractivity contribution in [2.24, 2.45) is 0 Å². The van der Waals surface area contributed by atoms with Crippen molar-refractivity contribution in [2.45, 2.75) is 24.7 Å². The van der Waals surface area contributed by atoms with Crippen molar-refractivity contribution in [1.82, 2.24) is 9.97 Å². The Labute approximate surface area is 69.6 Å². The number of nitrogens with one attached hydrogen (secondary N) is 1. The number of aliphatic carboxylic acids is 1. The highest BCUT2D eigenvalue weighted by Gasteiger charge is 2.48. The summed E-state index contributed by atoms with van der Waals surface area (Å²) < 4.78 is 0. The summed E-state index contributed by atoms with van der Waals surface area (Å²) >= 11 is 0. The van der Waals surface area contributed by atoms with Crippen molar-refractivity contribution in [3.05, 3.63) is 18.2 Å². The Hall–Kier alpha value is -1.32. The Morgan fingerprint density at radius 3 is 2.92 bits per heavy atom. The molecule has 0 radical (unpaired) electrons. The third-order valence-electron chi connectivity index (χ3n) is 2.34. The molecule has 2 rings (SSSR count). The molecule has 0 saturated heterocycles. The summed E-state index contributed by atoms with van der Waals surface area (Å²) in [6, 6.07) is 0. The lowest BCUT2D eigenvalue weighted by atomic mass is 10.0. The number of carbonyl (C=O) groups is 1. The highest BCUT2D eigenvalue weighted by Crippen LogP contribution is 2.49. The van der Waals surface area contributed by atoms with Gasteiger partial charge in [0.1, 0.15) is 5.82 Å². The van der Waals surface area contributed by atoms with E-state index in [1.807, 2.05) is 0 Å². The van der Waals surface area contributed by atoms with Crippen molar-refractivity contribution < 1.29 is 9.90 Å². The molecule has 0 amide bonds. The van der Waals surface area contributed by atoms with E-state index in [0.717, 1.165) is 18.7 Å². The molecule has 4 nitrogen and oxygen atoms in total. The number of aromatic amines is 1. The molecule has 0 spiro atoms. The second-order valence-electron chi connectivity index (χ2n) is 3.29. The first-order valence-electron chi connectivity index (χ1n) is 3.95. The van der Waals surface area contributed by atoms with E-state index in [1.54, 1.807) is 12.4 Å². The average Bonchev–Trinajstić information content (AvgIpc) is 2.61. The molecular formula is C8H10N2O2. The number of carboxylic acids is 1. The number of hydrogen-bond donors (Lipinski definition) is 2. The van der Waals surface area contributed by atoms with Gasteiger partial charge < -0.3 is 10.1 Å². The van der Waals surface area contributed by atoms with Gasteiger partial charge in [0, 0.05) is 17.8 Å². The van der Waals surface area contributed by atoms with Gasteiger partial charge in [-0.25, -0.2) is 4.98 Å². The van der Waals surface area contributed by atoms with Crippen LogP contribution in [0.1, 0.15) is 25.1 Å². The first kappa shape index (κ1) is 7.34. The number of carboxylic acid groups (broad SMARTS) is 1. The molecule has 4 heteroatoms. The van der Waals surface area contributed by atoms with Crippen LogP contribution in [0.3, 0.4) is 0 Å². The smallest absolute Gasteiger partial charge is 0.304 e. The molecule has 0 aliphatic heterocycles. The van der Waals surface area contributed by atoms with Crippen LogP contribution in [0.4, 0.5) is 0 Å². The van der Waals surface area contributed by atoms with Crippen LogP contribution >= 0.6 is 0 Å². The Balaban J connectivity index is 2.17. The maximum absolute atomic E-state index is 10.5. The summed E-state index contributed by atoms with van der Waals surface area (Å²) in [6.45, 7) is 0. The van der Waals surface area contributed by atoms with Gasteiger partial charge in [0.15, 0.2) is 0 Å². The van der Waals surface area contributed by atoms with E-state index in [2.05, 4.69) is 9.97 Å². The monoisotopic (exact) mass is 166 g/mol. The van der Waals surface area contributed by atoms with Crippen LogP contribution in [0.5, 0.6) is 0 Å². The van der Waals surface area contributed by atoms with Gasteiger partial charge in [0.2, 0.25) is 0 Å². The number of hydrogen-bond acceptors (Lipinski definition) is 2. The predicted octanol–water partition coefficient (Wildman–Crippen LogP) is 0.916. The summed E-state index contributed by atoms with van der Waals surface area (Å²) in [5, 5.41) is 8.65. The van der Waals surface area contributed by atoms with Crippen molar-refractivity contribution in [1.29, 1.82) is 0 Å². The molecule has 1 aliphatic carbocycles. The highest BCUT2D eigenvalue weighted by molar-refractivity contribution is 5.69. The Morgan fingerprint density at radius 2 is 2.50 bits per heavy atom. The molecule has 64 valence electrons. The molecule has 0 bridgehead atoms. The van der Waals surface area contributed by atoms with E-state index < -0.39 is 5.97 Å². The third kappa shape index (κ3) is 1.09. The highest BCUT2D eigenvalue weighted by atomic mass is 16.4.